The van der Waals surface area contributed by atoms with Crippen molar-refractivity contribution in [1.29, 1.82) is 0 Å². The summed E-state index contributed by atoms with van der Waals surface area (Å²) in [6, 6.07) is 6.94. The zero-order valence-electron chi connectivity index (χ0n) is 11.6. The maximum absolute atomic E-state index is 11.6. The van der Waals surface area contributed by atoms with Gasteiger partial charge in [0.15, 0.2) is 0 Å². The molecular formula is C14H17NO5. The van der Waals surface area contributed by atoms with Gasteiger partial charge in [0.1, 0.15) is 11.4 Å². The van der Waals surface area contributed by atoms with E-state index in [4.69, 9.17) is 4.74 Å². The SMILES string of the molecule is CCOc1ccc(N/C(=C/C(=O)OC)C(=O)OC)cc1. The average Bonchev–Trinajstić information content (AvgIpc) is 2.47. The van der Waals surface area contributed by atoms with Crippen LogP contribution in [0.4, 0.5) is 5.69 Å². The molecule has 0 saturated carbocycles. The standard InChI is InChI=1S/C14H17NO5/c1-4-20-11-7-5-10(6-8-11)15-12(14(17)19-3)9-13(16)18-2/h5-9,15H,4H2,1-3H3/b12-9+. The molecule has 0 aliphatic carbocycles. The largest absolute Gasteiger partial charge is 0.494 e. The summed E-state index contributed by atoms with van der Waals surface area (Å²) in [5, 5.41) is 2.79. The van der Waals surface area contributed by atoms with E-state index in [1.807, 2.05) is 6.92 Å². The van der Waals surface area contributed by atoms with Gasteiger partial charge < -0.3 is 19.5 Å². The van der Waals surface area contributed by atoms with Gasteiger partial charge in [-0.15, -0.1) is 0 Å². The van der Waals surface area contributed by atoms with Crippen molar-refractivity contribution in [2.75, 3.05) is 26.1 Å². The first-order valence-electron chi connectivity index (χ1n) is 5.98. The van der Waals surface area contributed by atoms with Gasteiger partial charge in [-0.05, 0) is 31.2 Å². The van der Waals surface area contributed by atoms with Crippen LogP contribution in [0.3, 0.4) is 0 Å². The normalized spacial score (nSPS) is 10.7. The molecule has 6 heteroatoms. The minimum absolute atomic E-state index is 0.0106. The second-order valence-corrected chi connectivity index (χ2v) is 3.66. The number of carbonyl (C=O) groups excluding carboxylic acids is 2. The molecule has 0 radical (unpaired) electrons. The molecule has 0 heterocycles. The van der Waals surface area contributed by atoms with Gasteiger partial charge in [-0.1, -0.05) is 0 Å². The van der Waals surface area contributed by atoms with Crippen LogP contribution in [0.5, 0.6) is 5.75 Å². The summed E-state index contributed by atoms with van der Waals surface area (Å²) < 4.78 is 14.4. The van der Waals surface area contributed by atoms with E-state index >= 15 is 0 Å². The van der Waals surface area contributed by atoms with E-state index in [2.05, 4.69) is 14.8 Å². The van der Waals surface area contributed by atoms with Crippen LogP contribution in [0.25, 0.3) is 0 Å². The third kappa shape index (κ3) is 4.64. The van der Waals surface area contributed by atoms with Crippen LogP contribution in [0.1, 0.15) is 6.92 Å². The lowest BCUT2D eigenvalue weighted by Gasteiger charge is -2.10. The van der Waals surface area contributed by atoms with Crippen LogP contribution >= 0.6 is 0 Å². The van der Waals surface area contributed by atoms with Crippen molar-refractivity contribution in [3.05, 3.63) is 36.0 Å². The van der Waals surface area contributed by atoms with E-state index < -0.39 is 11.9 Å². The molecule has 108 valence electrons. The molecule has 1 N–H and O–H groups in total. The molecule has 0 aliphatic heterocycles. The first kappa shape index (κ1) is 15.6. The monoisotopic (exact) mass is 279 g/mol. The van der Waals surface area contributed by atoms with Gasteiger partial charge in [-0.3, -0.25) is 0 Å². The number of ether oxygens (including phenoxy) is 3. The van der Waals surface area contributed by atoms with Gasteiger partial charge in [0, 0.05) is 5.69 Å². The Morgan fingerprint density at radius 1 is 1.15 bits per heavy atom. The molecule has 0 fully saturated rings. The van der Waals surface area contributed by atoms with Crippen LogP contribution in [0.15, 0.2) is 36.0 Å². The van der Waals surface area contributed by atoms with Gasteiger partial charge in [0.2, 0.25) is 0 Å². The van der Waals surface area contributed by atoms with E-state index in [0.717, 1.165) is 11.8 Å². The van der Waals surface area contributed by atoms with Crippen molar-refractivity contribution >= 4 is 17.6 Å². The number of anilines is 1. The number of hydrogen-bond donors (Lipinski definition) is 1. The molecule has 0 saturated heterocycles. The maximum atomic E-state index is 11.6. The van der Waals surface area contributed by atoms with Crippen molar-refractivity contribution in [3.8, 4) is 5.75 Å². The molecule has 20 heavy (non-hydrogen) atoms. The number of nitrogens with one attached hydrogen (secondary N) is 1. The van der Waals surface area contributed by atoms with E-state index in [9.17, 15) is 9.59 Å². The van der Waals surface area contributed by atoms with Crippen molar-refractivity contribution < 1.29 is 23.8 Å². The van der Waals surface area contributed by atoms with Gasteiger partial charge in [0.05, 0.1) is 26.9 Å². The Hall–Kier alpha value is -2.50. The first-order chi connectivity index (χ1) is 9.60. The number of esters is 2. The average molecular weight is 279 g/mol. The van der Waals surface area contributed by atoms with Gasteiger partial charge in [0.25, 0.3) is 0 Å². The summed E-state index contributed by atoms with van der Waals surface area (Å²) in [6.45, 7) is 2.46. The zero-order chi connectivity index (χ0) is 15.0. The number of benzene rings is 1. The molecular weight excluding hydrogens is 262 g/mol. The Labute approximate surface area is 117 Å². The fourth-order valence-corrected chi connectivity index (χ4v) is 1.39. The smallest absolute Gasteiger partial charge is 0.354 e. The molecule has 1 aromatic rings. The van der Waals surface area contributed by atoms with E-state index in [0.29, 0.717) is 12.3 Å². The lowest BCUT2D eigenvalue weighted by atomic mass is 10.3. The molecule has 1 rings (SSSR count). The minimum atomic E-state index is -0.663. The fraction of sp³-hybridized carbons (Fsp3) is 0.286. The van der Waals surface area contributed by atoms with Gasteiger partial charge in [-0.2, -0.15) is 0 Å². The maximum Gasteiger partial charge on any atom is 0.354 e. The summed E-state index contributed by atoms with van der Waals surface area (Å²) in [7, 11) is 2.46. The fourth-order valence-electron chi connectivity index (χ4n) is 1.39. The van der Waals surface area contributed by atoms with Crippen LogP contribution < -0.4 is 10.1 Å². The van der Waals surface area contributed by atoms with Crippen molar-refractivity contribution in [1.82, 2.24) is 0 Å². The number of carbonyl (C=O) groups is 2. The topological polar surface area (TPSA) is 73.9 Å². The molecule has 0 spiro atoms. The van der Waals surface area contributed by atoms with E-state index in [-0.39, 0.29) is 5.70 Å². The van der Waals surface area contributed by atoms with E-state index in [1.165, 1.54) is 14.2 Å². The molecule has 0 amide bonds. The molecule has 0 unspecified atom stereocenters. The summed E-state index contributed by atoms with van der Waals surface area (Å²) in [6.07, 6.45) is 1.03. The number of hydrogen-bond acceptors (Lipinski definition) is 6. The number of methoxy groups -OCH3 is 2. The second kappa shape index (κ2) is 7.83. The summed E-state index contributed by atoms with van der Waals surface area (Å²) in [5.41, 5.74) is 0.609. The predicted octanol–water partition coefficient (Wildman–Crippen LogP) is 1.73. The second-order valence-electron chi connectivity index (χ2n) is 3.66. The molecule has 1 aromatic carbocycles. The van der Waals surface area contributed by atoms with Crippen LogP contribution in [0.2, 0.25) is 0 Å². The van der Waals surface area contributed by atoms with Crippen molar-refractivity contribution in [2.24, 2.45) is 0 Å². The highest BCUT2D eigenvalue weighted by atomic mass is 16.5. The highest BCUT2D eigenvalue weighted by Gasteiger charge is 2.12. The third-order valence-electron chi connectivity index (χ3n) is 2.31. The summed E-state index contributed by atoms with van der Waals surface area (Å²) in [4.78, 5) is 22.8. The molecule has 0 bridgehead atoms. The molecule has 0 atom stereocenters. The Bertz CT molecular complexity index is 493. The first-order valence-corrected chi connectivity index (χ1v) is 5.98. The lowest BCUT2D eigenvalue weighted by molar-refractivity contribution is -0.138. The molecule has 6 nitrogen and oxygen atoms in total. The minimum Gasteiger partial charge on any atom is -0.494 e. The van der Waals surface area contributed by atoms with Crippen molar-refractivity contribution in [2.45, 2.75) is 6.92 Å². The van der Waals surface area contributed by atoms with Crippen LogP contribution in [0, 0.1) is 0 Å². The Morgan fingerprint density at radius 3 is 2.30 bits per heavy atom. The van der Waals surface area contributed by atoms with Crippen LogP contribution in [-0.2, 0) is 19.1 Å². The number of rotatable bonds is 6. The highest BCUT2D eigenvalue weighted by molar-refractivity contribution is 5.98. The highest BCUT2D eigenvalue weighted by Crippen LogP contribution is 2.17. The van der Waals surface area contributed by atoms with E-state index in [1.54, 1.807) is 24.3 Å². The third-order valence-corrected chi connectivity index (χ3v) is 2.31. The predicted molar refractivity (Wildman–Crippen MR) is 73.3 cm³/mol. The molecule has 0 aromatic heterocycles. The Kier molecular flexibility index (Phi) is 6.09. The zero-order valence-corrected chi connectivity index (χ0v) is 11.6. The summed E-state index contributed by atoms with van der Waals surface area (Å²) in [5.74, 6) is -0.595. The van der Waals surface area contributed by atoms with Crippen molar-refractivity contribution in [3.63, 3.8) is 0 Å². The lowest BCUT2D eigenvalue weighted by Crippen LogP contribution is -2.15. The summed E-state index contributed by atoms with van der Waals surface area (Å²) >= 11 is 0. The van der Waals surface area contributed by atoms with Crippen LogP contribution in [-0.4, -0.2) is 32.8 Å². The van der Waals surface area contributed by atoms with Gasteiger partial charge in [-0.25, -0.2) is 9.59 Å². The Balaban J connectivity index is 2.86. The Morgan fingerprint density at radius 2 is 1.80 bits per heavy atom. The van der Waals surface area contributed by atoms with Gasteiger partial charge >= 0.3 is 11.9 Å². The quantitative estimate of drug-likeness (QED) is 0.631. The molecule has 0 aliphatic rings.